The van der Waals surface area contributed by atoms with Crippen LogP contribution in [0, 0.1) is 40.5 Å². The van der Waals surface area contributed by atoms with Gasteiger partial charge >= 0.3 is 0 Å². The number of aromatic hydroxyl groups is 6. The van der Waals surface area contributed by atoms with Crippen molar-refractivity contribution in [3.05, 3.63) is 294 Å². The number of benzene rings is 7. The van der Waals surface area contributed by atoms with Crippen molar-refractivity contribution in [2.24, 2.45) is 37.7 Å². The average molecular weight is 1360 g/mol. The smallest absolute Gasteiger partial charge is 0.279 e. The summed E-state index contributed by atoms with van der Waals surface area (Å²) in [5.74, 6) is -5.31. The van der Waals surface area contributed by atoms with Crippen LogP contribution in [0.5, 0.6) is 34.9 Å². The Morgan fingerprint density at radius 2 is 0.647 bits per heavy atom. The number of azo groups is 3. The van der Waals surface area contributed by atoms with Crippen molar-refractivity contribution >= 4 is 85.9 Å². The Hall–Kier alpha value is -14.5. The highest BCUT2D eigenvalue weighted by atomic mass is 16.3. The van der Waals surface area contributed by atoms with Crippen molar-refractivity contribution < 1.29 is 59.4 Å². The molecule has 0 spiro atoms. The molecule has 10 aromatic rings. The summed E-state index contributed by atoms with van der Waals surface area (Å²) >= 11 is 0. The Bertz CT molecular complexity index is 5800. The molecule has 0 aliphatic heterocycles. The fourth-order valence-corrected chi connectivity index (χ4v) is 11.9. The lowest BCUT2D eigenvalue weighted by Crippen LogP contribution is -2.22. The number of aryl methyl sites for hydroxylation is 1. The zero-order valence-electron chi connectivity index (χ0n) is 54.3. The maximum absolute atomic E-state index is 13.3. The van der Waals surface area contributed by atoms with Crippen molar-refractivity contribution in [1.29, 1.82) is 0 Å². The molecular formula is C75H52N12O15. The Labute approximate surface area is 576 Å². The van der Waals surface area contributed by atoms with Gasteiger partial charge in [-0.05, 0) is 92.3 Å². The molecule has 0 atom stereocenters. The first-order valence-corrected chi connectivity index (χ1v) is 30.8. The Morgan fingerprint density at radius 1 is 0.353 bits per heavy atom. The Kier molecular flexibility index (Phi) is 18.8. The van der Waals surface area contributed by atoms with E-state index in [2.05, 4.69) is 45.2 Å². The van der Waals surface area contributed by atoms with E-state index in [9.17, 15) is 73.8 Å². The number of pyridine rings is 3. The van der Waals surface area contributed by atoms with Crippen LogP contribution in [-0.2, 0) is 26.6 Å². The minimum absolute atomic E-state index is 0.00517. The summed E-state index contributed by atoms with van der Waals surface area (Å²) in [6.45, 7) is 28.6. The molecule has 3 aliphatic rings. The third kappa shape index (κ3) is 11.9. The summed E-state index contributed by atoms with van der Waals surface area (Å²) in [7, 11) is 1.29. The highest BCUT2D eigenvalue weighted by molar-refractivity contribution is 6.32. The number of carbonyl (C=O) groups excluding carboxylic acids is 6. The predicted octanol–water partition coefficient (Wildman–Crippen LogP) is 14.1. The first-order valence-electron chi connectivity index (χ1n) is 30.8. The number of carbonyl (C=O) groups is 6. The number of phenolic OH excluding ortho intramolecular Hbond substituents is 3. The molecule has 7 aromatic carbocycles. The number of rotatable bonds is 11. The van der Waals surface area contributed by atoms with Crippen LogP contribution >= 0.6 is 0 Å². The third-order valence-corrected chi connectivity index (χ3v) is 17.1. The normalized spacial score (nSPS) is 12.5. The summed E-state index contributed by atoms with van der Waals surface area (Å²) in [5, 5.41) is 85.6. The zero-order valence-corrected chi connectivity index (χ0v) is 54.3. The SMILES string of the molecule is [C-]#[N+]c1c(C)c(N=Nc2cccc3c2C(=O)c2cccc(O)c2C3=O)c(=O)n(C)c1O.[C-]#[N+]c1c(C)c(N=Nc2cccc3c2C(=O)c2cccc(O)c2C3=O)c(=O)n(CCC)c1O.[C-]#[N+]c1c(C)c(N=Nc2cccc3c2C(=O)c2cccc(O)c2C3=O)c(=O)n(CCc2ccccc2)c1O. The summed E-state index contributed by atoms with van der Waals surface area (Å²) in [6, 6.07) is 35.5. The van der Waals surface area contributed by atoms with E-state index in [0.717, 1.165) is 19.3 Å². The van der Waals surface area contributed by atoms with Crippen LogP contribution in [0.15, 0.2) is 185 Å². The van der Waals surface area contributed by atoms with Crippen LogP contribution in [-0.4, -0.2) is 79.0 Å². The van der Waals surface area contributed by atoms with Gasteiger partial charge in [0.1, 0.15) is 34.3 Å². The van der Waals surface area contributed by atoms with Gasteiger partial charge in [0.15, 0.2) is 52.3 Å². The maximum Gasteiger partial charge on any atom is 0.279 e. The zero-order chi connectivity index (χ0) is 73.3. The molecule has 0 fully saturated rings. The molecule has 0 bridgehead atoms. The van der Waals surface area contributed by atoms with Gasteiger partial charge in [-0.2, -0.15) is 0 Å². The highest BCUT2D eigenvalue weighted by Crippen LogP contribution is 2.43. The van der Waals surface area contributed by atoms with E-state index in [0.29, 0.717) is 12.8 Å². The van der Waals surface area contributed by atoms with Crippen LogP contribution in [0.1, 0.15) is 131 Å². The van der Waals surface area contributed by atoms with Gasteiger partial charge in [-0.3, -0.25) is 56.9 Å². The number of hydrogen-bond donors (Lipinski definition) is 6. The highest BCUT2D eigenvalue weighted by Gasteiger charge is 2.37. The second-order valence-electron chi connectivity index (χ2n) is 23.1. The van der Waals surface area contributed by atoms with Gasteiger partial charge in [-0.15, -0.1) is 30.7 Å². The van der Waals surface area contributed by atoms with Gasteiger partial charge in [-0.25, -0.2) is 14.5 Å². The second-order valence-corrected chi connectivity index (χ2v) is 23.1. The molecule has 0 radical (unpaired) electrons. The molecule has 102 heavy (non-hydrogen) atoms. The van der Waals surface area contributed by atoms with Crippen LogP contribution in [0.25, 0.3) is 14.5 Å². The lowest BCUT2D eigenvalue weighted by Gasteiger charge is -2.19. The lowest BCUT2D eigenvalue weighted by molar-refractivity contribution is 0.0977. The minimum atomic E-state index is -0.673. The number of ketones is 6. The monoisotopic (exact) mass is 1360 g/mol. The van der Waals surface area contributed by atoms with E-state index in [1.807, 2.05) is 37.3 Å². The van der Waals surface area contributed by atoms with Gasteiger partial charge in [0, 0.05) is 53.5 Å². The topological polar surface area (TPSA) is 377 Å². The summed E-state index contributed by atoms with van der Waals surface area (Å²) in [5.41, 5.74) is -1.06. The molecule has 0 unspecified atom stereocenters. The van der Waals surface area contributed by atoms with Crippen molar-refractivity contribution in [2.75, 3.05) is 0 Å². The number of hydrogen-bond acceptors (Lipinski definition) is 21. The van der Waals surface area contributed by atoms with Crippen molar-refractivity contribution in [2.45, 2.75) is 53.6 Å². The van der Waals surface area contributed by atoms with Gasteiger partial charge < -0.3 is 30.6 Å². The molecular weight excluding hydrogens is 1310 g/mol. The minimum Gasteiger partial charge on any atom is -0.507 e. The fraction of sp³-hybridized carbons (Fsp3) is 0.120. The number of phenols is 3. The van der Waals surface area contributed by atoms with Crippen molar-refractivity contribution in [3.8, 4) is 34.9 Å². The standard InChI is InChI=1S/C29H20N4O5.C24H18N4O5.C22H14N4O5/c1-16-24(30-2)28(37)33(15-14-17-8-4-3-5-9-17)29(38)25(16)32-31-20-12-6-10-18-22(20)26(35)19-11-7-13-21(34)23(19)27(18)36;1-4-11-28-23(32)19(25-3)12(2)20(24(28)33)27-26-15-9-5-7-13-17(15)21(30)14-8-6-10-16(29)18(14)22(13)31;1-10-17(23-2)21(30)26(3)22(31)18(10)25-24-13-8-4-6-11-15(13)19(28)12-7-5-9-14(27)16(12)20(11)29/h3-13,34,37H,14-15H2,1H3;5-10,29,32H,4,11H2,1-2H3;4-9,27,30H,1,3H3. The Balaban J connectivity index is 0.000000155. The molecule has 0 saturated heterocycles. The number of fused-ring (bicyclic) bond motifs is 6. The van der Waals surface area contributed by atoms with Gasteiger partial charge in [0.05, 0.1) is 70.2 Å². The van der Waals surface area contributed by atoms with Gasteiger partial charge in [0.25, 0.3) is 16.7 Å². The van der Waals surface area contributed by atoms with E-state index in [4.69, 9.17) is 19.7 Å². The van der Waals surface area contributed by atoms with Crippen LogP contribution < -0.4 is 16.7 Å². The van der Waals surface area contributed by atoms with E-state index in [1.165, 1.54) is 137 Å². The summed E-state index contributed by atoms with van der Waals surface area (Å²) < 4.78 is 3.02. The molecule has 502 valence electrons. The quantitative estimate of drug-likeness (QED) is 0.0518. The number of nitrogens with zero attached hydrogens (tertiary/aromatic N) is 12. The van der Waals surface area contributed by atoms with Gasteiger partial charge in [0.2, 0.25) is 17.1 Å². The van der Waals surface area contributed by atoms with Crippen LogP contribution in [0.4, 0.5) is 51.2 Å². The van der Waals surface area contributed by atoms with Crippen molar-refractivity contribution in [3.63, 3.8) is 0 Å². The lowest BCUT2D eigenvalue weighted by atomic mass is 9.83. The van der Waals surface area contributed by atoms with Crippen molar-refractivity contribution in [1.82, 2.24) is 13.7 Å². The molecule has 27 nitrogen and oxygen atoms in total. The molecule has 0 saturated carbocycles. The summed E-state index contributed by atoms with van der Waals surface area (Å²) in [4.78, 5) is 127. The van der Waals surface area contributed by atoms with Crippen LogP contribution in [0.3, 0.4) is 0 Å². The van der Waals surface area contributed by atoms with Gasteiger partial charge in [-0.1, -0.05) is 110 Å². The number of aromatic nitrogens is 3. The average Bonchev–Trinajstić information content (AvgIpc) is 0.756. The molecule has 0 amide bonds. The van der Waals surface area contributed by atoms with E-state index < -0.39 is 69.0 Å². The molecule has 13 rings (SSSR count). The second kappa shape index (κ2) is 27.9. The van der Waals surface area contributed by atoms with E-state index in [1.54, 1.807) is 0 Å². The summed E-state index contributed by atoms with van der Waals surface area (Å²) in [6.07, 6.45) is 0.972. The Morgan fingerprint density at radius 3 is 0.980 bits per heavy atom. The molecule has 6 N–H and O–H groups in total. The maximum atomic E-state index is 13.3. The largest absolute Gasteiger partial charge is 0.507 e. The predicted molar refractivity (Wildman–Crippen MR) is 368 cm³/mol. The first-order chi connectivity index (χ1) is 48.9. The third-order valence-electron chi connectivity index (χ3n) is 17.1. The van der Waals surface area contributed by atoms with E-state index in [-0.39, 0.29) is 165 Å². The first kappa shape index (κ1) is 68.9. The molecule has 27 heteroatoms. The molecule has 3 aromatic heterocycles. The van der Waals surface area contributed by atoms with E-state index >= 15 is 0 Å². The molecule has 3 aliphatic carbocycles. The molecule has 3 heterocycles. The fourth-order valence-electron chi connectivity index (χ4n) is 11.9. The van der Waals surface area contributed by atoms with Crippen LogP contribution in [0.2, 0.25) is 0 Å².